The second kappa shape index (κ2) is 9.87. The molecule has 0 saturated carbocycles. The molecule has 0 heterocycles. The molecule has 122 valence electrons. The highest BCUT2D eigenvalue weighted by atomic mass is 16.5. The Kier molecular flexibility index (Phi) is 8.11. The summed E-state index contributed by atoms with van der Waals surface area (Å²) in [5.41, 5.74) is 1.11. The first kappa shape index (κ1) is 18.1. The summed E-state index contributed by atoms with van der Waals surface area (Å²) >= 11 is 0. The number of rotatable bonds is 10. The monoisotopic (exact) mass is 305 g/mol. The van der Waals surface area contributed by atoms with Crippen LogP contribution in [-0.4, -0.2) is 37.1 Å². The number of carbonyl (C=O) groups excluding carboxylic acids is 1. The van der Waals surface area contributed by atoms with Crippen molar-refractivity contribution in [3.63, 3.8) is 0 Å². The zero-order chi connectivity index (χ0) is 16.4. The largest absolute Gasteiger partial charge is 0.490 e. The van der Waals surface area contributed by atoms with Crippen molar-refractivity contribution in [3.8, 4) is 11.5 Å². The molecule has 0 atom stereocenters. The molecule has 0 spiro atoms. The molecule has 1 amide bonds. The third kappa shape index (κ3) is 5.43. The van der Waals surface area contributed by atoms with Crippen molar-refractivity contribution >= 4 is 5.91 Å². The van der Waals surface area contributed by atoms with Gasteiger partial charge in [0, 0.05) is 13.1 Å². The van der Waals surface area contributed by atoms with Gasteiger partial charge < -0.3 is 14.4 Å². The highest BCUT2D eigenvalue weighted by molar-refractivity contribution is 5.77. The Morgan fingerprint density at radius 3 is 2.50 bits per heavy atom. The topological polar surface area (TPSA) is 38.8 Å². The fourth-order valence-electron chi connectivity index (χ4n) is 2.10. The Hall–Kier alpha value is -1.97. The molecule has 0 aromatic heterocycles. The number of carbonyl (C=O) groups is 1. The molecule has 4 heteroatoms. The van der Waals surface area contributed by atoms with Gasteiger partial charge >= 0.3 is 0 Å². The molecule has 0 aliphatic carbocycles. The number of nitrogens with zero attached hydrogens (tertiary/aromatic N) is 1. The van der Waals surface area contributed by atoms with E-state index in [1.807, 2.05) is 38.1 Å². The summed E-state index contributed by atoms with van der Waals surface area (Å²) < 4.78 is 11.4. The fraction of sp³-hybridized carbons (Fsp3) is 0.500. The van der Waals surface area contributed by atoms with Gasteiger partial charge in [-0.05, 0) is 44.4 Å². The zero-order valence-corrected chi connectivity index (χ0v) is 13.9. The van der Waals surface area contributed by atoms with E-state index < -0.39 is 0 Å². The van der Waals surface area contributed by atoms with Crippen LogP contribution in [0.25, 0.3) is 0 Å². The van der Waals surface area contributed by atoms with Crippen LogP contribution in [0.15, 0.2) is 30.9 Å². The molecule has 0 unspecified atom stereocenters. The van der Waals surface area contributed by atoms with E-state index in [9.17, 15) is 4.79 Å². The first-order valence-electron chi connectivity index (χ1n) is 7.93. The van der Waals surface area contributed by atoms with Crippen LogP contribution >= 0.6 is 0 Å². The van der Waals surface area contributed by atoms with Gasteiger partial charge in [0.15, 0.2) is 18.1 Å². The molecule has 0 aliphatic heterocycles. The molecular formula is C18H27NO3. The molecule has 4 nitrogen and oxygen atoms in total. The Labute approximate surface area is 133 Å². The van der Waals surface area contributed by atoms with Crippen molar-refractivity contribution < 1.29 is 14.3 Å². The Morgan fingerprint density at radius 1 is 1.18 bits per heavy atom. The predicted molar refractivity (Wildman–Crippen MR) is 89.6 cm³/mol. The maximum Gasteiger partial charge on any atom is 0.260 e. The molecule has 1 aromatic carbocycles. The average molecular weight is 305 g/mol. The number of amides is 1. The van der Waals surface area contributed by atoms with Gasteiger partial charge in [-0.25, -0.2) is 0 Å². The van der Waals surface area contributed by atoms with Crippen LogP contribution < -0.4 is 9.47 Å². The summed E-state index contributed by atoms with van der Waals surface area (Å²) in [6.07, 6.45) is 3.55. The van der Waals surface area contributed by atoms with Crippen LogP contribution in [0.1, 0.15) is 32.8 Å². The van der Waals surface area contributed by atoms with Gasteiger partial charge in [0.05, 0.1) is 6.61 Å². The van der Waals surface area contributed by atoms with Crippen LogP contribution in [0, 0.1) is 0 Å². The number of hydrogen-bond acceptors (Lipinski definition) is 3. The number of allylic oxidation sites excluding steroid dienone is 1. The SMILES string of the molecule is C=CCc1ccc(OCC(=O)N(CC)CC)c(OCCC)c1. The molecule has 0 aliphatic rings. The summed E-state index contributed by atoms with van der Waals surface area (Å²) in [6.45, 7) is 11.8. The Bertz CT molecular complexity index is 481. The minimum Gasteiger partial charge on any atom is -0.490 e. The lowest BCUT2D eigenvalue weighted by molar-refractivity contribution is -0.132. The van der Waals surface area contributed by atoms with Gasteiger partial charge in [0.25, 0.3) is 5.91 Å². The van der Waals surface area contributed by atoms with Gasteiger partial charge in [-0.3, -0.25) is 4.79 Å². The molecule has 0 radical (unpaired) electrons. The minimum atomic E-state index is -0.0124. The van der Waals surface area contributed by atoms with E-state index in [4.69, 9.17) is 9.47 Å². The maximum absolute atomic E-state index is 12.0. The molecule has 0 N–H and O–H groups in total. The predicted octanol–water partition coefficient (Wildman–Crippen LogP) is 3.45. The Morgan fingerprint density at radius 2 is 1.91 bits per heavy atom. The number of ether oxygens (including phenoxy) is 2. The second-order valence-electron chi connectivity index (χ2n) is 4.98. The number of benzene rings is 1. The van der Waals surface area contributed by atoms with Crippen LogP contribution in [0.5, 0.6) is 11.5 Å². The number of hydrogen-bond donors (Lipinski definition) is 0. The molecule has 1 rings (SSSR count). The molecule has 1 aromatic rings. The van der Waals surface area contributed by atoms with Crippen LogP contribution in [0.3, 0.4) is 0 Å². The lowest BCUT2D eigenvalue weighted by Crippen LogP contribution is -2.34. The molecule has 0 fully saturated rings. The van der Waals surface area contributed by atoms with Gasteiger partial charge in [-0.2, -0.15) is 0 Å². The van der Waals surface area contributed by atoms with Crippen molar-refractivity contribution in [1.29, 1.82) is 0 Å². The third-order valence-electron chi connectivity index (χ3n) is 3.32. The zero-order valence-electron chi connectivity index (χ0n) is 13.9. The van der Waals surface area contributed by atoms with Crippen molar-refractivity contribution in [2.45, 2.75) is 33.6 Å². The quantitative estimate of drug-likeness (QED) is 0.621. The third-order valence-corrected chi connectivity index (χ3v) is 3.32. The van der Waals surface area contributed by atoms with Gasteiger partial charge in [-0.1, -0.05) is 19.1 Å². The van der Waals surface area contributed by atoms with Gasteiger partial charge in [-0.15, -0.1) is 6.58 Å². The van der Waals surface area contributed by atoms with E-state index in [0.717, 1.165) is 18.4 Å². The van der Waals surface area contributed by atoms with E-state index in [-0.39, 0.29) is 12.5 Å². The van der Waals surface area contributed by atoms with Crippen LogP contribution in [-0.2, 0) is 11.2 Å². The fourth-order valence-corrected chi connectivity index (χ4v) is 2.10. The Balaban J connectivity index is 2.79. The van der Waals surface area contributed by atoms with Crippen molar-refractivity contribution in [3.05, 3.63) is 36.4 Å². The van der Waals surface area contributed by atoms with Crippen LogP contribution in [0.4, 0.5) is 0 Å². The lowest BCUT2D eigenvalue weighted by atomic mass is 10.1. The highest BCUT2D eigenvalue weighted by Gasteiger charge is 2.13. The van der Waals surface area contributed by atoms with Crippen molar-refractivity contribution in [2.24, 2.45) is 0 Å². The number of likely N-dealkylation sites (N-methyl/N-ethyl adjacent to an activating group) is 1. The minimum absolute atomic E-state index is 0.0124. The molecule has 0 saturated heterocycles. The van der Waals surface area contributed by atoms with E-state index >= 15 is 0 Å². The van der Waals surface area contributed by atoms with Gasteiger partial charge in [0.2, 0.25) is 0 Å². The van der Waals surface area contributed by atoms with Gasteiger partial charge in [0.1, 0.15) is 0 Å². The average Bonchev–Trinajstić information content (AvgIpc) is 2.53. The normalized spacial score (nSPS) is 10.1. The van der Waals surface area contributed by atoms with E-state index in [0.29, 0.717) is 31.2 Å². The summed E-state index contributed by atoms with van der Waals surface area (Å²) in [5, 5.41) is 0. The second-order valence-corrected chi connectivity index (χ2v) is 4.98. The van der Waals surface area contributed by atoms with E-state index in [1.54, 1.807) is 4.90 Å². The molecular weight excluding hydrogens is 278 g/mol. The van der Waals surface area contributed by atoms with Crippen LogP contribution in [0.2, 0.25) is 0 Å². The summed E-state index contributed by atoms with van der Waals surface area (Å²) in [4.78, 5) is 13.8. The summed E-state index contributed by atoms with van der Waals surface area (Å²) in [7, 11) is 0. The summed E-state index contributed by atoms with van der Waals surface area (Å²) in [5.74, 6) is 1.29. The maximum atomic E-state index is 12.0. The molecule has 0 bridgehead atoms. The van der Waals surface area contributed by atoms with E-state index in [1.165, 1.54) is 0 Å². The highest BCUT2D eigenvalue weighted by Crippen LogP contribution is 2.29. The van der Waals surface area contributed by atoms with Crippen molar-refractivity contribution in [2.75, 3.05) is 26.3 Å². The summed E-state index contributed by atoms with van der Waals surface area (Å²) in [6, 6.07) is 5.78. The first-order chi connectivity index (χ1) is 10.7. The van der Waals surface area contributed by atoms with E-state index in [2.05, 4.69) is 13.5 Å². The smallest absolute Gasteiger partial charge is 0.260 e. The first-order valence-corrected chi connectivity index (χ1v) is 7.93. The lowest BCUT2D eigenvalue weighted by Gasteiger charge is -2.19. The standard InChI is InChI=1S/C18H27NO3/c1-5-9-15-10-11-16(17(13-15)21-12-6-2)22-14-18(20)19(7-3)8-4/h5,10-11,13H,1,6-9,12,14H2,2-4H3. The van der Waals surface area contributed by atoms with Crippen molar-refractivity contribution in [1.82, 2.24) is 4.90 Å². The molecule has 22 heavy (non-hydrogen) atoms.